The Bertz CT molecular complexity index is 1560. The van der Waals surface area contributed by atoms with E-state index in [2.05, 4.69) is 11.8 Å². The third-order valence-corrected chi connectivity index (χ3v) is 7.27. The molecule has 45 heavy (non-hydrogen) atoms. The van der Waals surface area contributed by atoms with E-state index in [1.54, 1.807) is 34.6 Å². The molecule has 0 N–H and O–H groups in total. The molecule has 0 saturated carbocycles. The number of nitrogens with zero attached hydrogens (tertiary/aromatic N) is 2. The average molecular weight is 625 g/mol. The van der Waals surface area contributed by atoms with Gasteiger partial charge >= 0.3 is 12.9 Å². The Kier molecular flexibility index (Phi) is 11.2. The number of rotatable bonds is 13. The van der Waals surface area contributed by atoms with Gasteiger partial charge in [0, 0.05) is 29.8 Å². The van der Waals surface area contributed by atoms with Gasteiger partial charge in [-0.2, -0.15) is 0 Å². The third-order valence-electron chi connectivity index (χ3n) is 7.27. The van der Waals surface area contributed by atoms with Gasteiger partial charge in [-0.05, 0) is 76.6 Å². The molecule has 0 saturated heterocycles. The van der Waals surface area contributed by atoms with Crippen molar-refractivity contribution in [2.45, 2.75) is 54.1 Å². The minimum Gasteiger partial charge on any atom is -0.458 e. The fourth-order valence-corrected chi connectivity index (χ4v) is 5.64. The van der Waals surface area contributed by atoms with E-state index in [0.29, 0.717) is 62.4 Å². The number of aromatic nitrogens is 1. The Morgan fingerprint density at radius 2 is 1.51 bits per heavy atom. The van der Waals surface area contributed by atoms with Crippen LogP contribution in [-0.4, -0.2) is 86.1 Å². The van der Waals surface area contributed by atoms with E-state index < -0.39 is 18.5 Å². The predicted molar refractivity (Wildman–Crippen MR) is 170 cm³/mol. The van der Waals surface area contributed by atoms with E-state index >= 15 is 8.63 Å². The highest BCUT2D eigenvalue weighted by molar-refractivity contribution is 6.58. The van der Waals surface area contributed by atoms with Gasteiger partial charge in [0.25, 0.3) is 0 Å². The normalized spacial score (nSPS) is 15.4. The lowest BCUT2D eigenvalue weighted by Gasteiger charge is -2.34. The summed E-state index contributed by atoms with van der Waals surface area (Å²) in [4.78, 5) is 11.6. The minimum absolute atomic E-state index is 0.101. The number of halogens is 2. The number of fused-ring (bicyclic) bond motifs is 2. The maximum atomic E-state index is 15.8. The summed E-state index contributed by atoms with van der Waals surface area (Å²) in [6, 6.07) is 9.53. The van der Waals surface area contributed by atoms with E-state index in [9.17, 15) is 4.79 Å². The van der Waals surface area contributed by atoms with Crippen molar-refractivity contribution in [1.29, 1.82) is 0 Å². The molecule has 1 aromatic heterocycles. The number of ether oxygens (including phenoxy) is 5. The maximum Gasteiger partial charge on any atom is 0.737 e. The Morgan fingerprint density at radius 1 is 0.911 bits per heavy atom. The maximum absolute atomic E-state index is 15.8. The van der Waals surface area contributed by atoms with Crippen LogP contribution in [0.15, 0.2) is 47.7 Å². The molecule has 1 aromatic carbocycles. The van der Waals surface area contributed by atoms with Gasteiger partial charge in [0.15, 0.2) is 5.70 Å². The molecule has 0 unspecified atom stereocenters. The molecule has 4 rings (SSSR count). The molecule has 0 atom stereocenters. The van der Waals surface area contributed by atoms with E-state index in [1.165, 1.54) is 8.96 Å². The van der Waals surface area contributed by atoms with Crippen molar-refractivity contribution in [1.82, 2.24) is 4.48 Å². The summed E-state index contributed by atoms with van der Waals surface area (Å²) in [6.45, 7) is 11.1. The van der Waals surface area contributed by atoms with Crippen LogP contribution in [-0.2, 0) is 28.5 Å². The van der Waals surface area contributed by atoms with Crippen LogP contribution in [0.25, 0.3) is 5.57 Å². The number of carbonyl (C=O) groups is 1. The van der Waals surface area contributed by atoms with Gasteiger partial charge in [-0.25, -0.2) is 4.79 Å². The van der Waals surface area contributed by atoms with Gasteiger partial charge in [0.2, 0.25) is 0 Å². The second-order valence-corrected chi connectivity index (χ2v) is 12.1. The van der Waals surface area contributed by atoms with Gasteiger partial charge < -0.3 is 41.3 Å². The molecule has 242 valence electrons. The molecular formula is C34H43BF2N2O6. The van der Waals surface area contributed by atoms with Gasteiger partial charge in [0.1, 0.15) is 24.5 Å². The SMILES string of the molecule is CC1=CC(C)=[N+]2C1=C(c1ccc(C#CCOCCOCCOCCOCC(=O)OC(C)(C)C)cc1)c1c(C)cc(C)n1[B-]2(F)F. The lowest BCUT2D eigenvalue weighted by molar-refractivity contribution is -0.363. The van der Waals surface area contributed by atoms with Gasteiger partial charge in [-0.3, -0.25) is 0 Å². The molecule has 2 aromatic rings. The lowest BCUT2D eigenvalue weighted by atomic mass is 9.83. The molecular weight excluding hydrogens is 581 g/mol. The summed E-state index contributed by atoms with van der Waals surface area (Å²) < 4.78 is 60.9. The average Bonchev–Trinajstić information content (AvgIpc) is 3.43. The first-order chi connectivity index (χ1) is 21.3. The van der Waals surface area contributed by atoms with Crippen molar-refractivity contribution < 1.29 is 41.6 Å². The second kappa shape index (κ2) is 14.7. The van der Waals surface area contributed by atoms with Crippen LogP contribution in [0.3, 0.4) is 0 Å². The molecule has 2 aliphatic heterocycles. The van der Waals surface area contributed by atoms with Crippen LogP contribution in [0.5, 0.6) is 0 Å². The van der Waals surface area contributed by atoms with Gasteiger partial charge in [0.05, 0.1) is 45.2 Å². The lowest BCUT2D eigenvalue weighted by Crippen LogP contribution is -2.51. The zero-order valence-electron chi connectivity index (χ0n) is 27.3. The summed E-state index contributed by atoms with van der Waals surface area (Å²) in [5.41, 5.74) is 5.82. The standard InChI is InChI=1S/C34H43BF2N2O6/c1-24-21-26(3)38-32(24)31(33-25(2)22-27(4)39(33)35(38,36)37)29-12-10-28(11-13-29)9-8-14-41-15-16-42-17-18-43-19-20-44-23-30(40)45-34(5,6)7/h10-13,21-22H,14-20,23H2,1-7H3. The molecule has 0 amide bonds. The van der Waals surface area contributed by atoms with E-state index in [0.717, 1.165) is 27.8 Å². The first kappa shape index (κ1) is 34.3. The number of benzene rings is 1. The fourth-order valence-electron chi connectivity index (χ4n) is 5.64. The number of esters is 1. The molecule has 0 bridgehead atoms. The van der Waals surface area contributed by atoms with Crippen LogP contribution >= 0.6 is 0 Å². The summed E-state index contributed by atoms with van der Waals surface area (Å²) in [6.07, 6.45) is 1.83. The topological polar surface area (TPSA) is 71.2 Å². The van der Waals surface area contributed by atoms with E-state index in [-0.39, 0.29) is 13.2 Å². The molecule has 0 aliphatic carbocycles. The minimum atomic E-state index is -4.00. The van der Waals surface area contributed by atoms with Crippen LogP contribution in [0, 0.1) is 25.7 Å². The highest BCUT2D eigenvalue weighted by Gasteiger charge is 2.55. The van der Waals surface area contributed by atoms with Crippen LogP contribution < -0.4 is 0 Å². The molecule has 8 nitrogen and oxygen atoms in total. The van der Waals surface area contributed by atoms with Crippen molar-refractivity contribution in [3.8, 4) is 11.8 Å². The van der Waals surface area contributed by atoms with E-state index in [1.807, 2.05) is 50.3 Å². The zero-order valence-corrected chi connectivity index (χ0v) is 27.3. The second-order valence-electron chi connectivity index (χ2n) is 12.1. The summed E-state index contributed by atoms with van der Waals surface area (Å²) in [5.74, 6) is 5.70. The Morgan fingerprint density at radius 3 is 2.13 bits per heavy atom. The van der Waals surface area contributed by atoms with Crippen LogP contribution in [0.4, 0.5) is 8.63 Å². The van der Waals surface area contributed by atoms with Crippen molar-refractivity contribution >= 4 is 24.2 Å². The monoisotopic (exact) mass is 624 g/mol. The van der Waals surface area contributed by atoms with Crippen molar-refractivity contribution in [3.05, 3.63) is 75.8 Å². The largest absolute Gasteiger partial charge is 0.737 e. The fraction of sp³-hybridized carbons (Fsp3) is 0.471. The van der Waals surface area contributed by atoms with Crippen LogP contribution in [0.2, 0.25) is 0 Å². The quantitative estimate of drug-likeness (QED) is 0.131. The molecule has 11 heteroatoms. The number of hydrogen-bond donors (Lipinski definition) is 0. The summed E-state index contributed by atoms with van der Waals surface area (Å²) in [7, 11) is 0. The number of hydrogen-bond acceptors (Lipinski definition) is 6. The Balaban J connectivity index is 1.20. The molecule has 3 heterocycles. The van der Waals surface area contributed by atoms with Crippen LogP contribution in [0.1, 0.15) is 62.7 Å². The Labute approximate surface area is 264 Å². The van der Waals surface area contributed by atoms with Crippen molar-refractivity contribution in [3.63, 3.8) is 0 Å². The summed E-state index contributed by atoms with van der Waals surface area (Å²) >= 11 is 0. The number of aryl methyl sites for hydroxylation is 2. The highest BCUT2D eigenvalue weighted by Crippen LogP contribution is 2.44. The predicted octanol–water partition coefficient (Wildman–Crippen LogP) is 5.29. The van der Waals surface area contributed by atoms with Crippen molar-refractivity contribution in [2.24, 2.45) is 0 Å². The first-order valence-corrected chi connectivity index (χ1v) is 15.2. The van der Waals surface area contributed by atoms with Gasteiger partial charge in [-0.1, -0.05) is 24.0 Å². The highest BCUT2D eigenvalue weighted by atomic mass is 19.2. The summed E-state index contributed by atoms with van der Waals surface area (Å²) in [5, 5.41) is 0. The number of allylic oxidation sites excluding steroid dienone is 2. The molecule has 2 aliphatic rings. The van der Waals surface area contributed by atoms with Gasteiger partial charge in [-0.15, -0.1) is 0 Å². The third kappa shape index (κ3) is 8.38. The van der Waals surface area contributed by atoms with E-state index in [4.69, 9.17) is 23.7 Å². The Hall–Kier alpha value is -3.56. The van der Waals surface area contributed by atoms with Crippen molar-refractivity contribution in [2.75, 3.05) is 52.9 Å². The molecule has 0 radical (unpaired) electrons. The number of carbonyl (C=O) groups excluding carboxylic acids is 1. The zero-order chi connectivity index (χ0) is 32.8. The smallest absolute Gasteiger partial charge is 0.458 e. The molecule has 0 fully saturated rings. The molecule has 0 spiro atoms. The first-order valence-electron chi connectivity index (χ1n) is 15.2.